The van der Waals surface area contributed by atoms with Crippen LogP contribution < -0.4 is 20.9 Å². The highest BCUT2D eigenvalue weighted by Crippen LogP contribution is 2.21. The molecule has 0 aromatic heterocycles. The minimum absolute atomic E-state index is 0.0573. The fourth-order valence-electron chi connectivity index (χ4n) is 3.15. The lowest BCUT2D eigenvalue weighted by atomic mass is 10.1. The number of para-hydroxylation sites is 1. The number of rotatable bonds is 8. The second-order valence-corrected chi connectivity index (χ2v) is 7.61. The molecule has 170 valence electrons. The molecule has 0 radical (unpaired) electrons. The molecule has 3 aromatic carbocycles. The summed E-state index contributed by atoms with van der Waals surface area (Å²) >= 11 is 0. The number of carbonyl (C=O) groups is 3. The lowest BCUT2D eigenvalue weighted by Crippen LogP contribution is -2.26. The molecule has 7 nitrogen and oxygen atoms in total. The van der Waals surface area contributed by atoms with Crippen molar-refractivity contribution in [2.24, 2.45) is 0 Å². The third-order valence-corrected chi connectivity index (χ3v) is 5.15. The number of benzene rings is 3. The van der Waals surface area contributed by atoms with Crippen LogP contribution in [0.5, 0.6) is 0 Å². The normalized spacial score (nSPS) is 10.3. The van der Waals surface area contributed by atoms with E-state index in [1.165, 1.54) is 0 Å². The predicted molar refractivity (Wildman–Crippen MR) is 133 cm³/mol. The molecule has 3 amide bonds. The molecule has 0 aliphatic heterocycles. The van der Waals surface area contributed by atoms with E-state index in [4.69, 9.17) is 0 Å². The van der Waals surface area contributed by atoms with Crippen LogP contribution in [0.3, 0.4) is 0 Å². The number of aryl methyl sites for hydroxylation is 1. The Labute approximate surface area is 193 Å². The topological polar surface area (TPSA) is 90.5 Å². The molecule has 0 fully saturated rings. The highest BCUT2D eigenvalue weighted by atomic mass is 16.2. The number of nitrogens with one attached hydrogen (secondary N) is 3. The first-order chi connectivity index (χ1) is 15.9. The zero-order valence-electron chi connectivity index (χ0n) is 19.0. The van der Waals surface area contributed by atoms with Gasteiger partial charge in [0.25, 0.3) is 5.91 Å². The van der Waals surface area contributed by atoms with Gasteiger partial charge in [-0.05, 0) is 61.0 Å². The molecule has 0 aliphatic carbocycles. The predicted octanol–water partition coefficient (Wildman–Crippen LogP) is 4.67. The zero-order valence-corrected chi connectivity index (χ0v) is 19.0. The van der Waals surface area contributed by atoms with Crippen LogP contribution in [-0.4, -0.2) is 31.3 Å². The van der Waals surface area contributed by atoms with Crippen molar-refractivity contribution in [2.75, 3.05) is 34.4 Å². The molecule has 0 spiro atoms. The molecule has 33 heavy (non-hydrogen) atoms. The van der Waals surface area contributed by atoms with E-state index in [0.717, 1.165) is 16.9 Å². The highest BCUT2D eigenvalue weighted by Gasteiger charge is 2.13. The molecule has 0 atom stereocenters. The maximum absolute atomic E-state index is 12.7. The fraction of sp³-hybridized carbons (Fsp3) is 0.192. The average Bonchev–Trinajstić information content (AvgIpc) is 2.84. The van der Waals surface area contributed by atoms with Gasteiger partial charge in [-0.3, -0.25) is 14.4 Å². The van der Waals surface area contributed by atoms with Gasteiger partial charge in [0, 0.05) is 41.8 Å². The first-order valence-electron chi connectivity index (χ1n) is 10.7. The van der Waals surface area contributed by atoms with Gasteiger partial charge in [0.05, 0.1) is 6.54 Å². The van der Waals surface area contributed by atoms with Gasteiger partial charge in [-0.2, -0.15) is 0 Å². The van der Waals surface area contributed by atoms with E-state index in [9.17, 15) is 14.4 Å². The Hall–Kier alpha value is -4.13. The highest BCUT2D eigenvalue weighted by molar-refractivity contribution is 6.06. The number of amides is 3. The molecule has 0 saturated carbocycles. The number of carbonyl (C=O) groups excluding carboxylic acids is 3. The van der Waals surface area contributed by atoms with Crippen molar-refractivity contribution in [1.29, 1.82) is 0 Å². The summed E-state index contributed by atoms with van der Waals surface area (Å²) in [6.45, 7) is 3.73. The number of hydrogen-bond acceptors (Lipinski definition) is 4. The van der Waals surface area contributed by atoms with Crippen LogP contribution in [0.2, 0.25) is 0 Å². The molecular weight excluding hydrogens is 416 g/mol. The van der Waals surface area contributed by atoms with Gasteiger partial charge in [-0.25, -0.2) is 0 Å². The number of anilines is 4. The molecule has 0 heterocycles. The smallest absolute Gasteiger partial charge is 0.258 e. The molecule has 0 saturated heterocycles. The largest absolute Gasteiger partial charge is 0.376 e. The monoisotopic (exact) mass is 444 g/mol. The second kappa shape index (κ2) is 10.9. The average molecular weight is 445 g/mol. The summed E-state index contributed by atoms with van der Waals surface area (Å²) in [5, 5.41) is 8.70. The molecule has 0 bridgehead atoms. The van der Waals surface area contributed by atoms with Gasteiger partial charge in [0.15, 0.2) is 0 Å². The Bertz CT molecular complexity index is 1130. The maximum atomic E-state index is 12.7. The van der Waals surface area contributed by atoms with Gasteiger partial charge in [-0.15, -0.1) is 0 Å². The number of nitrogens with zero attached hydrogens (tertiary/aromatic N) is 1. The maximum Gasteiger partial charge on any atom is 0.258 e. The summed E-state index contributed by atoms with van der Waals surface area (Å²) in [6.07, 6.45) is 0.382. The lowest BCUT2D eigenvalue weighted by Gasteiger charge is -2.17. The van der Waals surface area contributed by atoms with Crippen LogP contribution in [0.15, 0.2) is 72.8 Å². The summed E-state index contributed by atoms with van der Waals surface area (Å²) < 4.78 is 0. The zero-order chi connectivity index (χ0) is 23.8. The van der Waals surface area contributed by atoms with Crippen molar-refractivity contribution in [1.82, 2.24) is 0 Å². The van der Waals surface area contributed by atoms with Gasteiger partial charge in [0.1, 0.15) is 0 Å². The van der Waals surface area contributed by atoms with Crippen molar-refractivity contribution in [3.8, 4) is 0 Å². The van der Waals surface area contributed by atoms with Crippen LogP contribution in [-0.2, 0) is 9.59 Å². The molecule has 0 unspecified atom stereocenters. The van der Waals surface area contributed by atoms with E-state index in [2.05, 4.69) is 16.0 Å². The van der Waals surface area contributed by atoms with E-state index < -0.39 is 0 Å². The van der Waals surface area contributed by atoms with E-state index in [1.54, 1.807) is 55.3 Å². The Balaban J connectivity index is 1.55. The van der Waals surface area contributed by atoms with Crippen LogP contribution >= 0.6 is 0 Å². The molecule has 3 aromatic rings. The standard InChI is InChI=1S/C26H28N4O3/c1-4-24(31)29-23-16-21(13-10-18(23)2)28-25(32)17-27-20-14-11-19(12-15-20)26(33)30(3)22-8-6-5-7-9-22/h5-16,27H,4,17H2,1-3H3,(H,28,32)(H,29,31). The Morgan fingerprint density at radius 1 is 0.818 bits per heavy atom. The van der Waals surface area contributed by atoms with Crippen molar-refractivity contribution in [3.05, 3.63) is 83.9 Å². The molecule has 3 N–H and O–H groups in total. The lowest BCUT2D eigenvalue weighted by molar-refractivity contribution is -0.116. The van der Waals surface area contributed by atoms with Crippen molar-refractivity contribution in [2.45, 2.75) is 20.3 Å². The van der Waals surface area contributed by atoms with Gasteiger partial charge >= 0.3 is 0 Å². The SMILES string of the molecule is CCC(=O)Nc1cc(NC(=O)CNc2ccc(C(=O)N(C)c3ccccc3)cc2)ccc1C. The van der Waals surface area contributed by atoms with E-state index >= 15 is 0 Å². The summed E-state index contributed by atoms with van der Waals surface area (Å²) in [5.74, 6) is -0.424. The minimum Gasteiger partial charge on any atom is -0.376 e. The van der Waals surface area contributed by atoms with E-state index in [0.29, 0.717) is 23.4 Å². The van der Waals surface area contributed by atoms with E-state index in [1.807, 2.05) is 43.3 Å². The first-order valence-corrected chi connectivity index (χ1v) is 10.7. The Morgan fingerprint density at radius 3 is 2.15 bits per heavy atom. The van der Waals surface area contributed by atoms with Crippen LogP contribution in [0.4, 0.5) is 22.7 Å². The molecule has 3 rings (SSSR count). The van der Waals surface area contributed by atoms with Gasteiger partial charge < -0.3 is 20.9 Å². The van der Waals surface area contributed by atoms with Crippen molar-refractivity contribution in [3.63, 3.8) is 0 Å². The van der Waals surface area contributed by atoms with Crippen molar-refractivity contribution >= 4 is 40.5 Å². The van der Waals surface area contributed by atoms with Crippen LogP contribution in [0.1, 0.15) is 29.3 Å². The Kier molecular flexibility index (Phi) is 7.81. The van der Waals surface area contributed by atoms with Gasteiger partial charge in [0.2, 0.25) is 11.8 Å². The number of hydrogen-bond donors (Lipinski definition) is 3. The molecule has 0 aliphatic rings. The summed E-state index contributed by atoms with van der Waals surface area (Å²) in [5.41, 5.74) is 4.29. The van der Waals surface area contributed by atoms with Crippen LogP contribution in [0, 0.1) is 6.92 Å². The second-order valence-electron chi connectivity index (χ2n) is 7.61. The molecule has 7 heteroatoms. The summed E-state index contributed by atoms with van der Waals surface area (Å²) in [4.78, 5) is 38.3. The van der Waals surface area contributed by atoms with Crippen molar-refractivity contribution < 1.29 is 14.4 Å². The molecular formula is C26H28N4O3. The van der Waals surface area contributed by atoms with E-state index in [-0.39, 0.29) is 24.3 Å². The summed E-state index contributed by atoms with van der Waals surface area (Å²) in [6, 6.07) is 21.8. The third kappa shape index (κ3) is 6.43. The van der Waals surface area contributed by atoms with Gasteiger partial charge in [-0.1, -0.05) is 31.2 Å². The fourth-order valence-corrected chi connectivity index (χ4v) is 3.15. The third-order valence-electron chi connectivity index (χ3n) is 5.15. The minimum atomic E-state index is -0.226. The Morgan fingerprint density at radius 2 is 1.48 bits per heavy atom. The first kappa shape index (κ1) is 23.5. The quantitative estimate of drug-likeness (QED) is 0.471. The summed E-state index contributed by atoms with van der Waals surface area (Å²) in [7, 11) is 1.73. The van der Waals surface area contributed by atoms with Crippen LogP contribution in [0.25, 0.3) is 0 Å².